The molecule has 1 unspecified atom stereocenters. The first-order valence-electron chi connectivity index (χ1n) is 3.74. The molecule has 1 aromatic heterocycles. The number of pyridine rings is 1. The fraction of sp³-hybridized carbons (Fsp3) is 0.444. The van der Waals surface area contributed by atoms with Crippen LogP contribution in [0.15, 0.2) is 18.3 Å². The highest BCUT2D eigenvalue weighted by Crippen LogP contribution is 2.07. The van der Waals surface area contributed by atoms with Crippen molar-refractivity contribution in [3.8, 4) is 0 Å². The lowest BCUT2D eigenvalue weighted by atomic mass is 10.2. The molecule has 0 fully saturated rings. The number of hydrogen-bond donors (Lipinski definition) is 0. The summed E-state index contributed by atoms with van der Waals surface area (Å²) >= 11 is 2.41. The van der Waals surface area contributed by atoms with Gasteiger partial charge in [0, 0.05) is 22.2 Å². The fourth-order valence-electron chi connectivity index (χ4n) is 0.907. The maximum absolute atomic E-state index is 4.31. The van der Waals surface area contributed by atoms with E-state index in [0.717, 1.165) is 6.42 Å². The van der Waals surface area contributed by atoms with Crippen LogP contribution in [0.5, 0.6) is 0 Å². The molecular weight excluding hydrogens is 249 g/mol. The van der Waals surface area contributed by atoms with Crippen molar-refractivity contribution in [2.75, 3.05) is 0 Å². The minimum Gasteiger partial charge on any atom is -0.261 e. The number of aromatic nitrogens is 1. The van der Waals surface area contributed by atoms with E-state index in [9.17, 15) is 0 Å². The van der Waals surface area contributed by atoms with E-state index in [0.29, 0.717) is 3.92 Å². The Morgan fingerprint density at radius 2 is 2.27 bits per heavy atom. The van der Waals surface area contributed by atoms with Crippen LogP contribution in [-0.2, 0) is 6.42 Å². The normalized spacial score (nSPS) is 13.0. The number of aryl methyl sites for hydroxylation is 1. The lowest BCUT2D eigenvalue weighted by Crippen LogP contribution is -1.98. The smallest absolute Gasteiger partial charge is 0.0414 e. The van der Waals surface area contributed by atoms with E-state index < -0.39 is 0 Å². The molecule has 0 bridgehead atoms. The lowest BCUT2D eigenvalue weighted by Gasteiger charge is -2.01. The van der Waals surface area contributed by atoms with E-state index in [1.807, 2.05) is 6.20 Å². The Labute approximate surface area is 81.4 Å². The third-order valence-electron chi connectivity index (χ3n) is 1.46. The van der Waals surface area contributed by atoms with Crippen LogP contribution in [-0.4, -0.2) is 8.91 Å². The minimum absolute atomic E-state index is 0.669. The molecule has 0 N–H and O–H groups in total. The first-order valence-corrected chi connectivity index (χ1v) is 4.98. The summed E-state index contributed by atoms with van der Waals surface area (Å²) in [5.74, 6) is 0. The molecule has 0 saturated carbocycles. The van der Waals surface area contributed by atoms with Gasteiger partial charge in [0.05, 0.1) is 0 Å². The predicted octanol–water partition coefficient (Wildman–Crippen LogP) is 2.76. The number of hydrogen-bond acceptors (Lipinski definition) is 1. The summed E-state index contributed by atoms with van der Waals surface area (Å²) in [6.07, 6.45) is 3.00. The van der Waals surface area contributed by atoms with Crippen LogP contribution in [0, 0.1) is 6.92 Å². The van der Waals surface area contributed by atoms with Crippen LogP contribution >= 0.6 is 22.6 Å². The maximum atomic E-state index is 4.31. The summed E-state index contributed by atoms with van der Waals surface area (Å²) < 4.78 is 0.669. The maximum Gasteiger partial charge on any atom is 0.0414 e. The summed E-state index contributed by atoms with van der Waals surface area (Å²) in [4.78, 5) is 4.31. The van der Waals surface area contributed by atoms with Gasteiger partial charge in [0.1, 0.15) is 0 Å². The van der Waals surface area contributed by atoms with Gasteiger partial charge in [-0.3, -0.25) is 4.98 Å². The predicted molar refractivity (Wildman–Crippen MR) is 56.2 cm³/mol. The molecule has 0 spiro atoms. The molecule has 0 aliphatic carbocycles. The van der Waals surface area contributed by atoms with Crippen molar-refractivity contribution >= 4 is 22.6 Å². The highest BCUT2D eigenvalue weighted by atomic mass is 127. The number of nitrogens with zero attached hydrogens (tertiary/aromatic N) is 1. The zero-order chi connectivity index (χ0) is 8.27. The second-order valence-electron chi connectivity index (χ2n) is 2.81. The highest BCUT2D eigenvalue weighted by molar-refractivity contribution is 14.1. The van der Waals surface area contributed by atoms with Crippen molar-refractivity contribution in [2.45, 2.75) is 24.2 Å². The Kier molecular flexibility index (Phi) is 3.30. The Hall–Kier alpha value is -0.120. The first kappa shape index (κ1) is 8.97. The van der Waals surface area contributed by atoms with E-state index >= 15 is 0 Å². The molecule has 0 saturated heterocycles. The van der Waals surface area contributed by atoms with Crippen LogP contribution in [0.25, 0.3) is 0 Å². The quantitative estimate of drug-likeness (QED) is 0.589. The molecule has 0 radical (unpaired) electrons. The Balaban J connectivity index is 2.66. The molecule has 0 amide bonds. The minimum atomic E-state index is 0.669. The first-order chi connectivity index (χ1) is 5.18. The Morgan fingerprint density at radius 3 is 2.73 bits per heavy atom. The molecule has 60 valence electrons. The SMILES string of the molecule is Cc1ccc(CC(C)I)nc1. The summed E-state index contributed by atoms with van der Waals surface area (Å²) in [5.41, 5.74) is 2.42. The second-order valence-corrected chi connectivity index (χ2v) is 4.94. The molecule has 1 nitrogen and oxygen atoms in total. The number of halogens is 1. The average molecular weight is 261 g/mol. The molecule has 1 rings (SSSR count). The van der Waals surface area contributed by atoms with Crippen LogP contribution in [0.2, 0.25) is 0 Å². The van der Waals surface area contributed by atoms with Gasteiger partial charge in [-0.2, -0.15) is 0 Å². The van der Waals surface area contributed by atoms with Crippen LogP contribution in [0.3, 0.4) is 0 Å². The van der Waals surface area contributed by atoms with Gasteiger partial charge in [0.25, 0.3) is 0 Å². The molecule has 1 aromatic rings. The zero-order valence-electron chi connectivity index (χ0n) is 6.84. The van der Waals surface area contributed by atoms with Crippen molar-refractivity contribution in [2.24, 2.45) is 0 Å². The van der Waals surface area contributed by atoms with E-state index in [1.165, 1.54) is 11.3 Å². The third kappa shape index (κ3) is 3.18. The van der Waals surface area contributed by atoms with E-state index in [1.54, 1.807) is 0 Å². The summed E-state index contributed by atoms with van der Waals surface area (Å²) in [5, 5.41) is 0. The molecule has 1 heterocycles. The van der Waals surface area contributed by atoms with Crippen molar-refractivity contribution in [3.63, 3.8) is 0 Å². The molecule has 0 aliphatic heterocycles. The largest absolute Gasteiger partial charge is 0.261 e. The van der Waals surface area contributed by atoms with Gasteiger partial charge >= 0.3 is 0 Å². The zero-order valence-corrected chi connectivity index (χ0v) is 9.00. The Bertz CT molecular complexity index is 216. The molecule has 0 aromatic carbocycles. The molecular formula is C9H12IN. The second kappa shape index (κ2) is 4.04. The standard InChI is InChI=1S/C9H12IN/c1-7-3-4-9(11-6-7)5-8(2)10/h3-4,6,8H,5H2,1-2H3. The van der Waals surface area contributed by atoms with Gasteiger partial charge in [0.15, 0.2) is 0 Å². The van der Waals surface area contributed by atoms with Crippen molar-refractivity contribution in [1.29, 1.82) is 0 Å². The monoisotopic (exact) mass is 261 g/mol. The van der Waals surface area contributed by atoms with Gasteiger partial charge in [-0.15, -0.1) is 0 Å². The molecule has 2 heteroatoms. The van der Waals surface area contributed by atoms with Crippen molar-refractivity contribution < 1.29 is 0 Å². The van der Waals surface area contributed by atoms with Crippen LogP contribution in [0.1, 0.15) is 18.2 Å². The molecule has 1 atom stereocenters. The van der Waals surface area contributed by atoms with E-state index in [4.69, 9.17) is 0 Å². The van der Waals surface area contributed by atoms with Crippen LogP contribution in [0.4, 0.5) is 0 Å². The summed E-state index contributed by atoms with van der Waals surface area (Å²) in [6, 6.07) is 4.21. The van der Waals surface area contributed by atoms with E-state index in [2.05, 4.69) is 53.6 Å². The molecule has 0 aliphatic rings. The lowest BCUT2D eigenvalue weighted by molar-refractivity contribution is 0.924. The Morgan fingerprint density at radius 1 is 1.55 bits per heavy atom. The van der Waals surface area contributed by atoms with Crippen LogP contribution < -0.4 is 0 Å². The molecule has 11 heavy (non-hydrogen) atoms. The van der Waals surface area contributed by atoms with Gasteiger partial charge in [-0.25, -0.2) is 0 Å². The number of rotatable bonds is 2. The van der Waals surface area contributed by atoms with Crippen molar-refractivity contribution in [3.05, 3.63) is 29.6 Å². The number of alkyl halides is 1. The van der Waals surface area contributed by atoms with Gasteiger partial charge < -0.3 is 0 Å². The van der Waals surface area contributed by atoms with Gasteiger partial charge in [-0.1, -0.05) is 35.6 Å². The average Bonchev–Trinajstić information content (AvgIpc) is 1.93. The fourth-order valence-corrected chi connectivity index (χ4v) is 1.36. The van der Waals surface area contributed by atoms with E-state index in [-0.39, 0.29) is 0 Å². The topological polar surface area (TPSA) is 12.9 Å². The van der Waals surface area contributed by atoms with Crippen molar-refractivity contribution in [1.82, 2.24) is 4.98 Å². The summed E-state index contributed by atoms with van der Waals surface area (Å²) in [6.45, 7) is 4.26. The highest BCUT2D eigenvalue weighted by Gasteiger charge is 1.98. The summed E-state index contributed by atoms with van der Waals surface area (Å²) in [7, 11) is 0. The third-order valence-corrected chi connectivity index (χ3v) is 1.90. The van der Waals surface area contributed by atoms with Gasteiger partial charge in [-0.05, 0) is 18.6 Å². The van der Waals surface area contributed by atoms with Gasteiger partial charge in [0.2, 0.25) is 0 Å².